The molecule has 3 aromatic rings. The topological polar surface area (TPSA) is 54.9 Å². The van der Waals surface area contributed by atoms with Crippen LogP contribution in [0.5, 0.6) is 0 Å². The molecule has 0 saturated heterocycles. The van der Waals surface area contributed by atoms with Crippen molar-refractivity contribution < 1.29 is 18.0 Å². The van der Waals surface area contributed by atoms with Gasteiger partial charge in [-0.05, 0) is 36.8 Å². The number of hydrogen-bond acceptors (Lipinski definition) is 4. The zero-order valence-corrected chi connectivity index (χ0v) is 15.1. The summed E-state index contributed by atoms with van der Waals surface area (Å²) < 4.78 is 38.5. The molecule has 8 heteroatoms. The molecule has 4 nitrogen and oxygen atoms in total. The third-order valence-electron chi connectivity index (χ3n) is 3.87. The smallest absolute Gasteiger partial charge is 0.349 e. The summed E-state index contributed by atoms with van der Waals surface area (Å²) in [5, 5.41) is 5.20. The predicted octanol–water partition coefficient (Wildman–Crippen LogP) is 4.64. The van der Waals surface area contributed by atoms with Crippen molar-refractivity contribution in [3.63, 3.8) is 0 Å². The molecule has 2 heterocycles. The summed E-state index contributed by atoms with van der Waals surface area (Å²) in [4.78, 5) is 20.8. The van der Waals surface area contributed by atoms with E-state index in [0.717, 1.165) is 17.8 Å². The summed E-state index contributed by atoms with van der Waals surface area (Å²) in [5.74, 6) is -0.308. The number of alkyl halides is 3. The lowest BCUT2D eigenvalue weighted by Gasteiger charge is -2.16. The van der Waals surface area contributed by atoms with E-state index in [1.807, 2.05) is 12.1 Å². The standard InChI is InChI=1S/C19H16F3N3OS/c1-12(13-5-4-6-14(9-13)19(20,21)22)24-17(26)10-15-11-27-18(25-15)16-7-2-3-8-23-16/h2-9,11-12H,10H2,1H3,(H,24,26). The average molecular weight is 391 g/mol. The lowest BCUT2D eigenvalue weighted by Crippen LogP contribution is -2.28. The highest BCUT2D eigenvalue weighted by atomic mass is 32.1. The Morgan fingerprint density at radius 3 is 2.74 bits per heavy atom. The third kappa shape index (κ3) is 4.91. The molecule has 0 aliphatic heterocycles. The maximum Gasteiger partial charge on any atom is 0.416 e. The van der Waals surface area contributed by atoms with Gasteiger partial charge in [0.2, 0.25) is 5.91 Å². The fourth-order valence-electron chi connectivity index (χ4n) is 2.52. The number of carbonyl (C=O) groups excluding carboxylic acids is 1. The van der Waals surface area contributed by atoms with Crippen LogP contribution in [0.4, 0.5) is 13.2 Å². The van der Waals surface area contributed by atoms with E-state index >= 15 is 0 Å². The molecule has 0 aliphatic rings. The minimum Gasteiger partial charge on any atom is -0.349 e. The van der Waals surface area contributed by atoms with Crippen molar-refractivity contribution >= 4 is 17.2 Å². The Bertz CT molecular complexity index is 925. The van der Waals surface area contributed by atoms with Gasteiger partial charge in [-0.3, -0.25) is 9.78 Å². The molecule has 3 rings (SSSR count). The Hall–Kier alpha value is -2.74. The molecule has 0 radical (unpaired) electrons. The molecular weight excluding hydrogens is 375 g/mol. The normalized spacial score (nSPS) is 12.6. The van der Waals surface area contributed by atoms with Crippen molar-refractivity contribution in [3.8, 4) is 10.7 Å². The van der Waals surface area contributed by atoms with E-state index in [9.17, 15) is 18.0 Å². The molecule has 0 saturated carbocycles. The Morgan fingerprint density at radius 1 is 1.22 bits per heavy atom. The lowest BCUT2D eigenvalue weighted by atomic mass is 10.0. The second-order valence-corrected chi connectivity index (χ2v) is 6.81. The maximum absolute atomic E-state index is 12.8. The number of aromatic nitrogens is 2. The van der Waals surface area contributed by atoms with E-state index in [-0.39, 0.29) is 12.3 Å². The van der Waals surface area contributed by atoms with E-state index in [1.165, 1.54) is 17.4 Å². The summed E-state index contributed by atoms with van der Waals surface area (Å²) in [6, 6.07) is 9.89. The van der Waals surface area contributed by atoms with E-state index in [1.54, 1.807) is 30.6 Å². The molecule has 1 amide bonds. The lowest BCUT2D eigenvalue weighted by molar-refractivity contribution is -0.137. The highest BCUT2D eigenvalue weighted by Gasteiger charge is 2.30. The molecule has 27 heavy (non-hydrogen) atoms. The van der Waals surface area contributed by atoms with E-state index in [4.69, 9.17) is 0 Å². The number of pyridine rings is 1. The van der Waals surface area contributed by atoms with Gasteiger partial charge in [0.15, 0.2) is 0 Å². The van der Waals surface area contributed by atoms with Crippen LogP contribution < -0.4 is 5.32 Å². The van der Waals surface area contributed by atoms with Crippen molar-refractivity contribution in [1.29, 1.82) is 0 Å². The molecular formula is C19H16F3N3OS. The third-order valence-corrected chi connectivity index (χ3v) is 4.78. The number of halogens is 3. The summed E-state index contributed by atoms with van der Waals surface area (Å²) in [6.07, 6.45) is -2.70. The van der Waals surface area contributed by atoms with Crippen molar-refractivity contribution in [1.82, 2.24) is 15.3 Å². The molecule has 0 fully saturated rings. The molecule has 1 atom stereocenters. The second-order valence-electron chi connectivity index (χ2n) is 5.95. The van der Waals surface area contributed by atoms with Gasteiger partial charge < -0.3 is 5.32 Å². The number of carbonyl (C=O) groups is 1. The highest BCUT2D eigenvalue weighted by molar-refractivity contribution is 7.13. The number of rotatable bonds is 5. The Kier molecular flexibility index (Phi) is 5.55. The Labute approximate surface area is 158 Å². The summed E-state index contributed by atoms with van der Waals surface area (Å²) in [5.41, 5.74) is 0.979. The predicted molar refractivity (Wildman–Crippen MR) is 97.1 cm³/mol. The Balaban J connectivity index is 1.64. The van der Waals surface area contributed by atoms with E-state index in [0.29, 0.717) is 16.3 Å². The molecule has 1 aromatic carbocycles. The van der Waals surface area contributed by atoms with Crippen molar-refractivity contribution in [2.24, 2.45) is 0 Å². The van der Waals surface area contributed by atoms with Crippen molar-refractivity contribution in [2.45, 2.75) is 25.6 Å². The van der Waals surface area contributed by atoms with Gasteiger partial charge in [0.05, 0.1) is 29.4 Å². The van der Waals surface area contributed by atoms with Crippen LogP contribution in [0.1, 0.15) is 29.8 Å². The minimum absolute atomic E-state index is 0.0482. The van der Waals surface area contributed by atoms with Gasteiger partial charge >= 0.3 is 6.18 Å². The Morgan fingerprint density at radius 2 is 2.04 bits per heavy atom. The van der Waals surface area contributed by atoms with Gasteiger partial charge in [-0.1, -0.05) is 18.2 Å². The van der Waals surface area contributed by atoms with Gasteiger partial charge in [-0.2, -0.15) is 13.2 Å². The fourth-order valence-corrected chi connectivity index (χ4v) is 3.31. The van der Waals surface area contributed by atoms with E-state index in [2.05, 4.69) is 15.3 Å². The first-order chi connectivity index (χ1) is 12.8. The number of thiazole rings is 1. The average Bonchev–Trinajstić information content (AvgIpc) is 3.10. The van der Waals surface area contributed by atoms with Gasteiger partial charge in [-0.15, -0.1) is 11.3 Å². The number of nitrogens with one attached hydrogen (secondary N) is 1. The fraction of sp³-hybridized carbons (Fsp3) is 0.211. The highest BCUT2D eigenvalue weighted by Crippen LogP contribution is 2.30. The van der Waals surface area contributed by atoms with Crippen LogP contribution >= 0.6 is 11.3 Å². The first kappa shape index (κ1) is 19.0. The minimum atomic E-state index is -4.41. The summed E-state index contributed by atoms with van der Waals surface area (Å²) >= 11 is 1.39. The molecule has 1 N–H and O–H groups in total. The van der Waals surface area contributed by atoms with E-state index < -0.39 is 17.8 Å². The first-order valence-corrected chi connectivity index (χ1v) is 9.03. The summed E-state index contributed by atoms with van der Waals surface area (Å²) in [6.45, 7) is 1.65. The first-order valence-electron chi connectivity index (χ1n) is 8.15. The monoisotopic (exact) mass is 391 g/mol. The largest absolute Gasteiger partial charge is 0.416 e. The number of benzene rings is 1. The van der Waals surface area contributed by atoms with Crippen molar-refractivity contribution in [3.05, 3.63) is 70.9 Å². The van der Waals surface area contributed by atoms with Gasteiger partial charge in [0, 0.05) is 11.6 Å². The zero-order valence-electron chi connectivity index (χ0n) is 14.3. The molecule has 0 aliphatic carbocycles. The van der Waals surface area contributed by atoms with Gasteiger partial charge in [-0.25, -0.2) is 4.98 Å². The van der Waals surface area contributed by atoms with Crippen LogP contribution in [0, 0.1) is 0 Å². The quantitative estimate of drug-likeness (QED) is 0.689. The second kappa shape index (κ2) is 7.87. The number of nitrogens with zero attached hydrogens (tertiary/aromatic N) is 2. The van der Waals surface area contributed by atoms with Gasteiger partial charge in [0.25, 0.3) is 0 Å². The summed E-state index contributed by atoms with van der Waals surface area (Å²) in [7, 11) is 0. The maximum atomic E-state index is 12.8. The zero-order chi connectivity index (χ0) is 19.4. The van der Waals surface area contributed by atoms with Crippen LogP contribution in [0.25, 0.3) is 10.7 Å². The van der Waals surface area contributed by atoms with Crippen LogP contribution in [-0.2, 0) is 17.4 Å². The number of amides is 1. The molecule has 140 valence electrons. The van der Waals surface area contributed by atoms with Gasteiger partial charge in [0.1, 0.15) is 5.01 Å². The number of hydrogen-bond donors (Lipinski definition) is 1. The molecule has 0 bridgehead atoms. The van der Waals surface area contributed by atoms with Crippen LogP contribution in [0.15, 0.2) is 54.0 Å². The van der Waals surface area contributed by atoms with Crippen molar-refractivity contribution in [2.75, 3.05) is 0 Å². The van der Waals surface area contributed by atoms with Crippen LogP contribution in [0.2, 0.25) is 0 Å². The van der Waals surface area contributed by atoms with Crippen LogP contribution in [-0.4, -0.2) is 15.9 Å². The molecule has 2 aromatic heterocycles. The SMILES string of the molecule is CC(NC(=O)Cc1csc(-c2ccccn2)n1)c1cccc(C(F)(F)F)c1. The van der Waals surface area contributed by atoms with Crippen LogP contribution in [0.3, 0.4) is 0 Å². The molecule has 1 unspecified atom stereocenters. The molecule has 0 spiro atoms.